The van der Waals surface area contributed by atoms with Crippen LogP contribution in [0.3, 0.4) is 0 Å². The van der Waals surface area contributed by atoms with Gasteiger partial charge in [0.05, 0.1) is 0 Å². The van der Waals surface area contributed by atoms with Gasteiger partial charge in [-0.1, -0.05) is 52.4 Å². The second-order valence-corrected chi connectivity index (χ2v) is 4.48. The van der Waals surface area contributed by atoms with Gasteiger partial charge in [-0.05, 0) is 12.8 Å². The lowest BCUT2D eigenvalue weighted by Gasteiger charge is -2.15. The Balaban J connectivity index is 3.40. The maximum Gasteiger partial charge on any atom is 0.248 e. The Labute approximate surface area is 93.4 Å². The van der Waals surface area contributed by atoms with E-state index < -0.39 is 5.92 Å². The van der Waals surface area contributed by atoms with Crippen LogP contribution in [0.25, 0.3) is 0 Å². The Kier molecular flexibility index (Phi) is 9.03. The molecular formula is C13H26F2. The fraction of sp³-hybridized carbons (Fsp3) is 1.00. The molecule has 0 aliphatic heterocycles. The number of rotatable bonds is 10. The van der Waals surface area contributed by atoms with Crippen molar-refractivity contribution in [2.24, 2.45) is 0 Å². The largest absolute Gasteiger partial charge is 0.248 e. The Morgan fingerprint density at radius 1 is 0.667 bits per heavy atom. The lowest BCUT2D eigenvalue weighted by atomic mass is 10.0. The summed E-state index contributed by atoms with van der Waals surface area (Å²) in [6, 6.07) is 0. The minimum Gasteiger partial charge on any atom is -0.207 e. The molecule has 0 saturated heterocycles. The van der Waals surface area contributed by atoms with Crippen molar-refractivity contribution in [3.05, 3.63) is 0 Å². The number of hydrogen-bond donors (Lipinski definition) is 0. The van der Waals surface area contributed by atoms with Crippen LogP contribution in [0.5, 0.6) is 0 Å². The first-order valence-corrected chi connectivity index (χ1v) is 6.50. The summed E-state index contributed by atoms with van der Waals surface area (Å²) in [6.07, 6.45) is 7.89. The highest BCUT2D eigenvalue weighted by Crippen LogP contribution is 2.28. The lowest BCUT2D eigenvalue weighted by Crippen LogP contribution is -2.15. The Morgan fingerprint density at radius 3 is 1.40 bits per heavy atom. The van der Waals surface area contributed by atoms with Crippen LogP contribution in [0.4, 0.5) is 8.78 Å². The zero-order chi connectivity index (χ0) is 11.6. The molecule has 0 amide bonds. The second kappa shape index (κ2) is 9.11. The van der Waals surface area contributed by atoms with E-state index in [0.717, 1.165) is 38.5 Å². The fourth-order valence-corrected chi connectivity index (χ4v) is 1.75. The third-order valence-electron chi connectivity index (χ3n) is 2.79. The van der Waals surface area contributed by atoms with E-state index in [1.54, 1.807) is 0 Å². The first kappa shape index (κ1) is 14.9. The minimum atomic E-state index is -2.40. The topological polar surface area (TPSA) is 0 Å². The molecule has 0 heterocycles. The van der Waals surface area contributed by atoms with E-state index in [0.29, 0.717) is 12.8 Å². The average molecular weight is 220 g/mol. The van der Waals surface area contributed by atoms with E-state index in [4.69, 9.17) is 0 Å². The normalized spacial score (nSPS) is 12.0. The van der Waals surface area contributed by atoms with Crippen molar-refractivity contribution < 1.29 is 8.78 Å². The van der Waals surface area contributed by atoms with E-state index in [2.05, 4.69) is 13.8 Å². The van der Waals surface area contributed by atoms with Crippen molar-refractivity contribution >= 4 is 0 Å². The highest BCUT2D eigenvalue weighted by atomic mass is 19.3. The van der Waals surface area contributed by atoms with Crippen molar-refractivity contribution in [2.45, 2.75) is 84.0 Å². The quantitative estimate of drug-likeness (QED) is 0.423. The van der Waals surface area contributed by atoms with Crippen LogP contribution in [0.15, 0.2) is 0 Å². The summed E-state index contributed by atoms with van der Waals surface area (Å²) in [5, 5.41) is 0. The van der Waals surface area contributed by atoms with Gasteiger partial charge in [0.2, 0.25) is 5.92 Å². The first-order chi connectivity index (χ1) is 7.12. The van der Waals surface area contributed by atoms with E-state index in [1.807, 2.05) is 0 Å². The Bertz CT molecular complexity index is 118. The Hall–Kier alpha value is -0.140. The summed E-state index contributed by atoms with van der Waals surface area (Å²) in [5.74, 6) is -2.40. The van der Waals surface area contributed by atoms with Gasteiger partial charge in [0.1, 0.15) is 0 Å². The molecule has 0 unspecified atom stereocenters. The smallest absolute Gasteiger partial charge is 0.207 e. The third kappa shape index (κ3) is 10.1. The highest BCUT2D eigenvalue weighted by Gasteiger charge is 2.26. The fourth-order valence-electron chi connectivity index (χ4n) is 1.75. The first-order valence-electron chi connectivity index (χ1n) is 6.50. The number of alkyl halides is 2. The van der Waals surface area contributed by atoms with Crippen molar-refractivity contribution in [1.82, 2.24) is 0 Å². The van der Waals surface area contributed by atoms with Gasteiger partial charge in [-0.3, -0.25) is 0 Å². The van der Waals surface area contributed by atoms with E-state index in [9.17, 15) is 8.78 Å². The lowest BCUT2D eigenvalue weighted by molar-refractivity contribution is -0.0206. The molecule has 0 aromatic carbocycles. The third-order valence-corrected chi connectivity index (χ3v) is 2.79. The number of hydrogen-bond acceptors (Lipinski definition) is 0. The predicted octanol–water partition coefficient (Wildman–Crippen LogP) is 5.56. The molecule has 0 radical (unpaired) electrons. The molecule has 0 aromatic rings. The van der Waals surface area contributed by atoms with E-state index in [-0.39, 0.29) is 12.8 Å². The summed E-state index contributed by atoms with van der Waals surface area (Å²) in [6.45, 7) is 4.20. The van der Waals surface area contributed by atoms with Crippen LogP contribution in [-0.2, 0) is 0 Å². The molecule has 0 bridgehead atoms. The predicted molar refractivity (Wildman–Crippen MR) is 62.5 cm³/mol. The molecule has 0 rings (SSSR count). The van der Waals surface area contributed by atoms with Gasteiger partial charge in [0.15, 0.2) is 0 Å². The molecule has 0 nitrogen and oxygen atoms in total. The van der Waals surface area contributed by atoms with Gasteiger partial charge < -0.3 is 0 Å². The highest BCUT2D eigenvalue weighted by molar-refractivity contribution is 4.66. The molecule has 0 fully saturated rings. The maximum absolute atomic E-state index is 13.3. The summed E-state index contributed by atoms with van der Waals surface area (Å²) < 4.78 is 26.6. The van der Waals surface area contributed by atoms with Crippen molar-refractivity contribution in [3.8, 4) is 0 Å². The zero-order valence-electron chi connectivity index (χ0n) is 10.3. The van der Waals surface area contributed by atoms with Crippen LogP contribution in [-0.4, -0.2) is 5.92 Å². The van der Waals surface area contributed by atoms with Crippen molar-refractivity contribution in [2.75, 3.05) is 0 Å². The summed E-state index contributed by atoms with van der Waals surface area (Å²) in [5.41, 5.74) is 0. The monoisotopic (exact) mass is 220 g/mol. The SMILES string of the molecule is CCCCCCC(F)(F)CCCCCC. The van der Waals surface area contributed by atoms with E-state index in [1.165, 1.54) is 0 Å². The van der Waals surface area contributed by atoms with Crippen LogP contribution < -0.4 is 0 Å². The van der Waals surface area contributed by atoms with Gasteiger partial charge in [-0.2, -0.15) is 0 Å². The van der Waals surface area contributed by atoms with Crippen LogP contribution in [0.2, 0.25) is 0 Å². The second-order valence-electron chi connectivity index (χ2n) is 4.48. The van der Waals surface area contributed by atoms with Gasteiger partial charge in [-0.15, -0.1) is 0 Å². The summed E-state index contributed by atoms with van der Waals surface area (Å²) in [4.78, 5) is 0. The molecule has 15 heavy (non-hydrogen) atoms. The molecule has 0 atom stereocenters. The van der Waals surface area contributed by atoms with Crippen molar-refractivity contribution in [3.63, 3.8) is 0 Å². The van der Waals surface area contributed by atoms with E-state index >= 15 is 0 Å². The van der Waals surface area contributed by atoms with Crippen LogP contribution in [0, 0.1) is 0 Å². The standard InChI is InChI=1S/C13H26F2/c1-3-5-7-9-11-13(14,15)12-10-8-6-4-2/h3-12H2,1-2H3. The number of halogens is 2. The molecule has 0 aromatic heterocycles. The summed E-state index contributed by atoms with van der Waals surface area (Å²) >= 11 is 0. The van der Waals surface area contributed by atoms with Gasteiger partial charge in [0, 0.05) is 12.8 Å². The van der Waals surface area contributed by atoms with Gasteiger partial charge >= 0.3 is 0 Å². The maximum atomic E-state index is 13.3. The molecule has 0 saturated carbocycles. The zero-order valence-corrected chi connectivity index (χ0v) is 10.3. The molecule has 0 spiro atoms. The molecular weight excluding hydrogens is 194 g/mol. The number of unbranched alkanes of at least 4 members (excludes halogenated alkanes) is 6. The Morgan fingerprint density at radius 2 is 1.07 bits per heavy atom. The molecule has 2 heteroatoms. The van der Waals surface area contributed by atoms with Gasteiger partial charge in [-0.25, -0.2) is 8.78 Å². The van der Waals surface area contributed by atoms with Crippen molar-refractivity contribution in [1.29, 1.82) is 0 Å². The summed E-state index contributed by atoms with van der Waals surface area (Å²) in [7, 11) is 0. The van der Waals surface area contributed by atoms with Crippen LogP contribution in [0.1, 0.15) is 78.1 Å². The molecule has 0 N–H and O–H groups in total. The van der Waals surface area contributed by atoms with Gasteiger partial charge in [0.25, 0.3) is 0 Å². The minimum absolute atomic E-state index is 0.0964. The van der Waals surface area contributed by atoms with Crippen LogP contribution >= 0.6 is 0 Å². The molecule has 0 aliphatic rings. The molecule has 92 valence electrons. The average Bonchev–Trinajstić information content (AvgIpc) is 2.20. The molecule has 0 aliphatic carbocycles.